The van der Waals surface area contributed by atoms with Crippen LogP contribution in [0.3, 0.4) is 0 Å². The van der Waals surface area contributed by atoms with E-state index in [1.165, 1.54) is 0 Å². The molecule has 4 heteroatoms. The molecule has 0 saturated carbocycles. The minimum absolute atomic E-state index is 0.664. The van der Waals surface area contributed by atoms with Gasteiger partial charge in [0, 0.05) is 5.69 Å². The molecule has 0 aromatic carbocycles. The van der Waals surface area contributed by atoms with Crippen LogP contribution in [-0.4, -0.2) is 14.5 Å². The SMILES string of the molecule is Cc1cccc2nc(C(C)(C)O)c(Br)n12. The van der Waals surface area contributed by atoms with E-state index >= 15 is 0 Å². The molecular formula is C11H13BrN2O. The molecule has 0 aliphatic rings. The normalized spacial score (nSPS) is 12.3. The third-order valence-corrected chi connectivity index (χ3v) is 3.09. The van der Waals surface area contributed by atoms with E-state index < -0.39 is 5.60 Å². The minimum atomic E-state index is -0.933. The van der Waals surface area contributed by atoms with Crippen LogP contribution in [0.2, 0.25) is 0 Å². The van der Waals surface area contributed by atoms with Gasteiger partial charge in [0.05, 0.1) is 0 Å². The van der Waals surface area contributed by atoms with Crippen LogP contribution in [0.4, 0.5) is 0 Å². The third-order valence-electron chi connectivity index (χ3n) is 2.36. The maximum atomic E-state index is 9.96. The Kier molecular flexibility index (Phi) is 2.35. The molecule has 3 nitrogen and oxygen atoms in total. The molecule has 1 N–H and O–H groups in total. The number of fused-ring (bicyclic) bond motifs is 1. The van der Waals surface area contributed by atoms with E-state index in [2.05, 4.69) is 20.9 Å². The zero-order valence-electron chi connectivity index (χ0n) is 8.95. The molecule has 0 radical (unpaired) electrons. The van der Waals surface area contributed by atoms with Crippen molar-refractivity contribution >= 4 is 21.6 Å². The Morgan fingerprint density at radius 1 is 1.40 bits per heavy atom. The molecule has 0 saturated heterocycles. The second-order valence-corrected chi connectivity index (χ2v) is 4.92. The monoisotopic (exact) mass is 268 g/mol. The van der Waals surface area contributed by atoms with Gasteiger partial charge in [-0.2, -0.15) is 0 Å². The Morgan fingerprint density at radius 2 is 2.07 bits per heavy atom. The molecule has 15 heavy (non-hydrogen) atoms. The summed E-state index contributed by atoms with van der Waals surface area (Å²) in [5.74, 6) is 0. The van der Waals surface area contributed by atoms with Crippen molar-refractivity contribution in [3.05, 3.63) is 34.2 Å². The lowest BCUT2D eigenvalue weighted by atomic mass is 10.1. The summed E-state index contributed by atoms with van der Waals surface area (Å²) in [6.07, 6.45) is 0. The molecule has 0 fully saturated rings. The number of hydrogen-bond acceptors (Lipinski definition) is 2. The van der Waals surface area contributed by atoms with Gasteiger partial charge in [-0.1, -0.05) is 6.07 Å². The van der Waals surface area contributed by atoms with Crippen molar-refractivity contribution in [2.45, 2.75) is 26.4 Å². The Balaban J connectivity index is 2.82. The predicted molar refractivity (Wildman–Crippen MR) is 62.9 cm³/mol. The summed E-state index contributed by atoms with van der Waals surface area (Å²) in [5, 5.41) is 9.96. The van der Waals surface area contributed by atoms with Crippen LogP contribution in [-0.2, 0) is 5.60 Å². The lowest BCUT2D eigenvalue weighted by molar-refractivity contribution is 0.0736. The van der Waals surface area contributed by atoms with Gasteiger partial charge in [-0.3, -0.25) is 4.40 Å². The molecule has 0 unspecified atom stereocenters. The van der Waals surface area contributed by atoms with Gasteiger partial charge in [-0.05, 0) is 48.8 Å². The van der Waals surface area contributed by atoms with Crippen molar-refractivity contribution < 1.29 is 5.11 Å². The quantitative estimate of drug-likeness (QED) is 0.864. The highest BCUT2D eigenvalue weighted by atomic mass is 79.9. The van der Waals surface area contributed by atoms with E-state index in [-0.39, 0.29) is 0 Å². The average Bonchev–Trinajstić information content (AvgIpc) is 2.44. The summed E-state index contributed by atoms with van der Waals surface area (Å²) in [4.78, 5) is 4.41. The van der Waals surface area contributed by atoms with Crippen LogP contribution in [0.5, 0.6) is 0 Å². The third kappa shape index (κ3) is 1.68. The topological polar surface area (TPSA) is 37.5 Å². The molecule has 0 amide bonds. The van der Waals surface area contributed by atoms with Crippen molar-refractivity contribution in [3.8, 4) is 0 Å². The first-order valence-corrected chi connectivity index (χ1v) is 5.57. The first kappa shape index (κ1) is 10.6. The van der Waals surface area contributed by atoms with Gasteiger partial charge in [0.25, 0.3) is 0 Å². The average molecular weight is 269 g/mol. The summed E-state index contributed by atoms with van der Waals surface area (Å²) in [7, 11) is 0. The van der Waals surface area contributed by atoms with Crippen molar-refractivity contribution in [1.82, 2.24) is 9.38 Å². The van der Waals surface area contributed by atoms with E-state index in [0.29, 0.717) is 5.69 Å². The Labute approximate surface area is 96.9 Å². The first-order valence-electron chi connectivity index (χ1n) is 4.77. The number of aromatic nitrogens is 2. The Morgan fingerprint density at radius 3 is 2.60 bits per heavy atom. The van der Waals surface area contributed by atoms with Crippen LogP contribution in [0.25, 0.3) is 5.65 Å². The summed E-state index contributed by atoms with van der Waals surface area (Å²) >= 11 is 3.48. The highest BCUT2D eigenvalue weighted by Crippen LogP contribution is 2.29. The minimum Gasteiger partial charge on any atom is -0.384 e. The Hall–Kier alpha value is -0.870. The van der Waals surface area contributed by atoms with E-state index in [1.54, 1.807) is 13.8 Å². The van der Waals surface area contributed by atoms with Gasteiger partial charge < -0.3 is 5.11 Å². The zero-order chi connectivity index (χ0) is 11.2. The molecule has 0 bridgehead atoms. The van der Waals surface area contributed by atoms with Gasteiger partial charge in [0.1, 0.15) is 21.5 Å². The van der Waals surface area contributed by atoms with Crippen LogP contribution in [0.1, 0.15) is 25.2 Å². The fraction of sp³-hybridized carbons (Fsp3) is 0.364. The van der Waals surface area contributed by atoms with Crippen molar-refractivity contribution in [2.24, 2.45) is 0 Å². The number of aliphatic hydroxyl groups is 1. The molecule has 0 atom stereocenters. The van der Waals surface area contributed by atoms with E-state index in [9.17, 15) is 5.11 Å². The maximum Gasteiger partial charge on any atom is 0.138 e. The van der Waals surface area contributed by atoms with Crippen LogP contribution in [0.15, 0.2) is 22.8 Å². The highest BCUT2D eigenvalue weighted by molar-refractivity contribution is 9.10. The van der Waals surface area contributed by atoms with Crippen molar-refractivity contribution in [3.63, 3.8) is 0 Å². The predicted octanol–water partition coefficient (Wildman–Crippen LogP) is 2.63. The van der Waals surface area contributed by atoms with Crippen molar-refractivity contribution in [1.29, 1.82) is 0 Å². The Bertz CT molecular complexity index is 511. The maximum absolute atomic E-state index is 9.96. The number of pyridine rings is 1. The zero-order valence-corrected chi connectivity index (χ0v) is 10.5. The molecule has 2 aromatic heterocycles. The molecular weight excluding hydrogens is 256 g/mol. The number of hydrogen-bond donors (Lipinski definition) is 1. The molecule has 0 spiro atoms. The molecule has 2 heterocycles. The summed E-state index contributed by atoms with van der Waals surface area (Å²) < 4.78 is 2.80. The number of halogens is 1. The smallest absolute Gasteiger partial charge is 0.138 e. The van der Waals surface area contributed by atoms with E-state index in [1.807, 2.05) is 29.5 Å². The standard InChI is InChI=1S/C11H13BrN2O/c1-7-5-4-6-8-13-9(11(2,3)15)10(12)14(7)8/h4-6,15H,1-3H3. The second kappa shape index (κ2) is 3.32. The fourth-order valence-electron chi connectivity index (χ4n) is 1.60. The molecule has 0 aliphatic carbocycles. The van der Waals surface area contributed by atoms with Gasteiger partial charge >= 0.3 is 0 Å². The summed E-state index contributed by atoms with van der Waals surface area (Å²) in [6.45, 7) is 5.47. The largest absolute Gasteiger partial charge is 0.384 e. The lowest BCUT2D eigenvalue weighted by Gasteiger charge is -2.14. The number of nitrogens with zero attached hydrogens (tertiary/aromatic N) is 2. The van der Waals surface area contributed by atoms with Crippen LogP contribution < -0.4 is 0 Å². The van der Waals surface area contributed by atoms with Gasteiger partial charge in [0.15, 0.2) is 0 Å². The molecule has 0 aliphatic heterocycles. The highest BCUT2D eigenvalue weighted by Gasteiger charge is 2.24. The fourth-order valence-corrected chi connectivity index (χ4v) is 2.64. The molecule has 80 valence electrons. The number of rotatable bonds is 1. The van der Waals surface area contributed by atoms with Crippen molar-refractivity contribution in [2.75, 3.05) is 0 Å². The van der Waals surface area contributed by atoms with Crippen LogP contribution >= 0.6 is 15.9 Å². The number of imidazole rings is 1. The summed E-state index contributed by atoms with van der Waals surface area (Å²) in [6, 6.07) is 5.89. The first-order chi connectivity index (χ1) is 6.91. The van der Waals surface area contributed by atoms with Crippen LogP contribution in [0, 0.1) is 6.92 Å². The van der Waals surface area contributed by atoms with Gasteiger partial charge in [-0.15, -0.1) is 0 Å². The molecule has 2 rings (SSSR count). The second-order valence-electron chi connectivity index (χ2n) is 4.17. The lowest BCUT2D eigenvalue weighted by Crippen LogP contribution is -2.16. The van der Waals surface area contributed by atoms with Gasteiger partial charge in [-0.25, -0.2) is 4.98 Å². The van der Waals surface area contributed by atoms with E-state index in [4.69, 9.17) is 0 Å². The molecule has 2 aromatic rings. The number of aryl methyl sites for hydroxylation is 1. The summed E-state index contributed by atoms with van der Waals surface area (Å²) in [5.41, 5.74) is 1.66. The van der Waals surface area contributed by atoms with Gasteiger partial charge in [0.2, 0.25) is 0 Å². The van der Waals surface area contributed by atoms with E-state index in [0.717, 1.165) is 15.9 Å².